The minimum atomic E-state index is -4.64. The van der Waals surface area contributed by atoms with E-state index in [1.54, 1.807) is 18.2 Å². The summed E-state index contributed by atoms with van der Waals surface area (Å²) in [5, 5.41) is 6.31. The van der Waals surface area contributed by atoms with Crippen molar-refractivity contribution in [2.45, 2.75) is 37.9 Å². The highest BCUT2D eigenvalue weighted by molar-refractivity contribution is 6.04. The van der Waals surface area contributed by atoms with E-state index in [1.807, 2.05) is 14.1 Å². The maximum absolute atomic E-state index is 13.9. The van der Waals surface area contributed by atoms with Crippen LogP contribution in [0.25, 0.3) is 22.2 Å². The number of hydrogen-bond donors (Lipinski definition) is 3. The number of carbonyl (C=O) groups is 1. The number of H-pyrrole nitrogens is 1. The van der Waals surface area contributed by atoms with Gasteiger partial charge in [-0.1, -0.05) is 18.6 Å². The van der Waals surface area contributed by atoms with Crippen LogP contribution in [0.3, 0.4) is 0 Å². The van der Waals surface area contributed by atoms with Crippen molar-refractivity contribution in [3.8, 4) is 11.3 Å². The van der Waals surface area contributed by atoms with E-state index in [0.29, 0.717) is 22.5 Å². The average Bonchev–Trinajstić information content (AvgIpc) is 3.23. The van der Waals surface area contributed by atoms with E-state index in [1.165, 1.54) is 13.3 Å². The molecule has 3 N–H and O–H groups in total. The molecule has 2 aromatic heterocycles. The molecule has 8 nitrogen and oxygen atoms in total. The number of benzene rings is 1. The monoisotopic (exact) mass is 490 g/mol. The summed E-state index contributed by atoms with van der Waals surface area (Å²) >= 11 is 0. The molecule has 35 heavy (non-hydrogen) atoms. The van der Waals surface area contributed by atoms with Crippen molar-refractivity contribution < 1.29 is 22.7 Å². The molecule has 0 radical (unpaired) electrons. The Morgan fingerprint density at radius 2 is 2.09 bits per heavy atom. The van der Waals surface area contributed by atoms with Crippen LogP contribution < -0.4 is 10.6 Å². The summed E-state index contributed by atoms with van der Waals surface area (Å²) in [5.74, 6) is 0.682. The molecule has 0 unspecified atom stereocenters. The van der Waals surface area contributed by atoms with E-state index in [2.05, 4.69) is 35.2 Å². The molecule has 4 rings (SSSR count). The third-order valence-corrected chi connectivity index (χ3v) is 6.23. The molecule has 1 saturated carbocycles. The van der Waals surface area contributed by atoms with Gasteiger partial charge in [-0.25, -0.2) is 14.8 Å². The number of anilines is 2. The van der Waals surface area contributed by atoms with Crippen LogP contribution in [0.5, 0.6) is 0 Å². The van der Waals surface area contributed by atoms with Gasteiger partial charge in [-0.2, -0.15) is 13.2 Å². The number of halogens is 3. The number of rotatable bonds is 6. The summed E-state index contributed by atoms with van der Waals surface area (Å²) in [4.78, 5) is 25.1. The Balaban J connectivity index is 1.69. The molecule has 1 amide bonds. The zero-order valence-electron chi connectivity index (χ0n) is 19.9. The van der Waals surface area contributed by atoms with Gasteiger partial charge >= 0.3 is 12.3 Å². The van der Waals surface area contributed by atoms with Gasteiger partial charge in [-0.15, -0.1) is 0 Å². The van der Waals surface area contributed by atoms with E-state index in [0.717, 1.165) is 38.4 Å². The minimum Gasteiger partial charge on any atom is -0.453 e. The fraction of sp³-hybridized carbons (Fsp3) is 0.458. The third-order valence-electron chi connectivity index (χ3n) is 6.23. The fourth-order valence-electron chi connectivity index (χ4n) is 4.77. The van der Waals surface area contributed by atoms with Gasteiger partial charge in [0.2, 0.25) is 5.95 Å². The number of nitrogens with one attached hydrogen (secondary N) is 3. The Kier molecular flexibility index (Phi) is 7.15. The zero-order valence-corrected chi connectivity index (χ0v) is 19.9. The van der Waals surface area contributed by atoms with Crippen molar-refractivity contribution in [1.29, 1.82) is 0 Å². The Morgan fingerprint density at radius 3 is 2.80 bits per heavy atom. The molecular weight excluding hydrogens is 461 g/mol. The van der Waals surface area contributed by atoms with Crippen LogP contribution in [0.4, 0.5) is 29.6 Å². The second kappa shape index (κ2) is 10.1. The number of para-hydroxylation sites is 1. The summed E-state index contributed by atoms with van der Waals surface area (Å²) in [5.41, 5.74) is -0.0365. The van der Waals surface area contributed by atoms with Crippen LogP contribution in [-0.2, 0) is 10.9 Å². The topological polar surface area (TPSA) is 95.2 Å². The van der Waals surface area contributed by atoms with Crippen molar-refractivity contribution in [2.24, 2.45) is 5.92 Å². The molecule has 2 heterocycles. The van der Waals surface area contributed by atoms with Crippen molar-refractivity contribution in [2.75, 3.05) is 38.4 Å². The molecule has 0 bridgehead atoms. The van der Waals surface area contributed by atoms with Gasteiger partial charge in [0.1, 0.15) is 5.56 Å². The molecular formula is C24H29F3N6O2. The first kappa shape index (κ1) is 24.8. The minimum absolute atomic E-state index is 0.0946. The SMILES string of the molecule is COC(=O)Nc1cccc2c(-c3nc(N[C@H]4CCC[C@H](CN(C)C)C4)ncc3C(F)(F)F)c[nH]c12. The Bertz CT molecular complexity index is 1190. The Hall–Kier alpha value is -3.34. The lowest BCUT2D eigenvalue weighted by atomic mass is 9.85. The van der Waals surface area contributed by atoms with E-state index in [4.69, 9.17) is 0 Å². The third kappa shape index (κ3) is 5.67. The zero-order chi connectivity index (χ0) is 25.2. The number of amides is 1. The second-order valence-corrected chi connectivity index (χ2v) is 9.14. The maximum atomic E-state index is 13.9. The quantitative estimate of drug-likeness (QED) is 0.431. The van der Waals surface area contributed by atoms with Gasteiger partial charge < -0.3 is 19.9 Å². The van der Waals surface area contributed by atoms with Gasteiger partial charge in [0.15, 0.2) is 0 Å². The predicted octanol–water partition coefficient (Wildman–Crippen LogP) is 5.35. The molecule has 0 spiro atoms. The number of fused-ring (bicyclic) bond motifs is 1. The first-order valence-corrected chi connectivity index (χ1v) is 11.5. The van der Waals surface area contributed by atoms with E-state index >= 15 is 0 Å². The summed E-state index contributed by atoms with van der Waals surface area (Å²) in [6.07, 6.45) is 0.976. The Labute approximate surface area is 201 Å². The number of hydrogen-bond acceptors (Lipinski definition) is 6. The highest BCUT2D eigenvalue weighted by Gasteiger charge is 2.36. The van der Waals surface area contributed by atoms with E-state index in [9.17, 15) is 18.0 Å². The number of ether oxygens (including phenoxy) is 1. The van der Waals surface area contributed by atoms with Gasteiger partial charge in [-0.3, -0.25) is 5.32 Å². The van der Waals surface area contributed by atoms with Crippen LogP contribution in [0, 0.1) is 5.92 Å². The summed E-state index contributed by atoms with van der Waals surface area (Å²) in [7, 11) is 5.31. The number of aromatic amines is 1. The predicted molar refractivity (Wildman–Crippen MR) is 128 cm³/mol. The highest BCUT2D eigenvalue weighted by Crippen LogP contribution is 2.40. The normalized spacial score (nSPS) is 18.6. The lowest BCUT2D eigenvalue weighted by Crippen LogP contribution is -2.33. The maximum Gasteiger partial charge on any atom is 0.419 e. The van der Waals surface area contributed by atoms with Crippen molar-refractivity contribution in [1.82, 2.24) is 19.9 Å². The van der Waals surface area contributed by atoms with Crippen LogP contribution in [0.1, 0.15) is 31.2 Å². The molecule has 3 aromatic rings. The second-order valence-electron chi connectivity index (χ2n) is 9.14. The van der Waals surface area contributed by atoms with Crippen LogP contribution in [0.15, 0.2) is 30.6 Å². The van der Waals surface area contributed by atoms with Crippen molar-refractivity contribution in [3.63, 3.8) is 0 Å². The first-order chi connectivity index (χ1) is 16.7. The number of methoxy groups -OCH3 is 1. The Morgan fingerprint density at radius 1 is 1.29 bits per heavy atom. The number of aromatic nitrogens is 3. The first-order valence-electron chi connectivity index (χ1n) is 11.5. The lowest BCUT2D eigenvalue weighted by molar-refractivity contribution is -0.137. The molecule has 1 aliphatic rings. The van der Waals surface area contributed by atoms with Gasteiger partial charge in [0.05, 0.1) is 24.0 Å². The molecule has 188 valence electrons. The van der Waals surface area contributed by atoms with Gasteiger partial charge in [0.25, 0.3) is 0 Å². The van der Waals surface area contributed by atoms with Crippen LogP contribution in [0.2, 0.25) is 0 Å². The molecule has 0 aliphatic heterocycles. The lowest BCUT2D eigenvalue weighted by Gasteiger charge is -2.31. The van der Waals surface area contributed by atoms with Crippen LogP contribution in [-0.4, -0.2) is 59.7 Å². The molecule has 0 saturated heterocycles. The van der Waals surface area contributed by atoms with Crippen molar-refractivity contribution in [3.05, 3.63) is 36.2 Å². The molecule has 1 aromatic carbocycles. The molecule has 11 heteroatoms. The number of carbonyl (C=O) groups excluding carboxylic acids is 1. The standard InChI is InChI=1S/C24H29F3N6O2/c1-33(2)13-14-6-4-7-15(10-14)30-22-29-12-18(24(25,26)27)20(32-22)17-11-28-21-16(17)8-5-9-19(21)31-23(34)35-3/h5,8-9,11-12,14-15,28H,4,6-7,10,13H2,1-3H3,(H,31,34)(H,29,30,32)/t14-,15-/m0/s1. The average molecular weight is 491 g/mol. The number of alkyl halides is 3. The summed E-state index contributed by atoms with van der Waals surface area (Å²) in [6.45, 7) is 0.967. The van der Waals surface area contributed by atoms with Crippen LogP contribution >= 0.6 is 0 Å². The van der Waals surface area contributed by atoms with Gasteiger partial charge in [0, 0.05) is 35.9 Å². The summed E-state index contributed by atoms with van der Waals surface area (Å²) < 4.78 is 46.4. The molecule has 2 atom stereocenters. The number of nitrogens with zero attached hydrogens (tertiary/aromatic N) is 3. The van der Waals surface area contributed by atoms with Gasteiger partial charge in [-0.05, 0) is 45.3 Å². The molecule has 1 fully saturated rings. The highest BCUT2D eigenvalue weighted by atomic mass is 19.4. The molecule has 1 aliphatic carbocycles. The largest absolute Gasteiger partial charge is 0.453 e. The fourth-order valence-corrected chi connectivity index (χ4v) is 4.77. The van der Waals surface area contributed by atoms with Crippen molar-refractivity contribution >= 4 is 28.6 Å². The van der Waals surface area contributed by atoms with E-state index in [-0.39, 0.29) is 23.2 Å². The van der Waals surface area contributed by atoms with E-state index < -0.39 is 17.8 Å². The smallest absolute Gasteiger partial charge is 0.419 e. The summed E-state index contributed by atoms with van der Waals surface area (Å²) in [6, 6.07) is 5.04.